The van der Waals surface area contributed by atoms with Crippen molar-refractivity contribution in [3.05, 3.63) is 125 Å². The normalized spacial score (nSPS) is 11.1. The summed E-state index contributed by atoms with van der Waals surface area (Å²) in [7, 11) is 1.60. The van der Waals surface area contributed by atoms with Gasteiger partial charge >= 0.3 is 5.97 Å². The lowest BCUT2D eigenvalue weighted by atomic mass is 10.0. The molecule has 0 saturated carbocycles. The lowest BCUT2D eigenvalue weighted by Crippen LogP contribution is -2.48. The number of nitriles is 1. The number of esters is 1. The number of amides is 2. The minimum atomic E-state index is -1.09. The number of nitrogens with zero attached hydrogens (tertiary/aromatic N) is 1. The fourth-order valence-electron chi connectivity index (χ4n) is 4.40. The molecule has 0 spiro atoms. The maximum atomic E-state index is 13.1. The van der Waals surface area contributed by atoms with Crippen molar-refractivity contribution in [2.75, 3.05) is 13.7 Å². The van der Waals surface area contributed by atoms with Gasteiger partial charge in [0, 0.05) is 6.54 Å². The van der Waals surface area contributed by atoms with E-state index in [2.05, 4.69) is 16.7 Å². The Labute approximate surface area is 251 Å². The molecule has 0 bridgehead atoms. The van der Waals surface area contributed by atoms with Gasteiger partial charge in [-0.15, -0.1) is 0 Å². The molecule has 0 aliphatic rings. The number of carbonyl (C=O) groups is 3. The van der Waals surface area contributed by atoms with Crippen LogP contribution < -0.4 is 15.4 Å². The van der Waals surface area contributed by atoms with E-state index in [9.17, 15) is 14.4 Å². The van der Waals surface area contributed by atoms with Crippen molar-refractivity contribution in [2.24, 2.45) is 0 Å². The molecule has 8 nitrogen and oxygen atoms in total. The summed E-state index contributed by atoms with van der Waals surface area (Å²) in [5.41, 5.74) is 5.07. The first-order chi connectivity index (χ1) is 20.9. The largest absolute Gasteiger partial charge is 0.497 e. The minimum absolute atomic E-state index is 0.0301. The third-order valence-electron chi connectivity index (χ3n) is 6.80. The zero-order valence-corrected chi connectivity index (χ0v) is 23.9. The predicted molar refractivity (Wildman–Crippen MR) is 163 cm³/mol. The summed E-state index contributed by atoms with van der Waals surface area (Å²) < 4.78 is 10.6. The van der Waals surface area contributed by atoms with Gasteiger partial charge in [-0.05, 0) is 58.5 Å². The summed E-state index contributed by atoms with van der Waals surface area (Å²) in [6.07, 6.45) is 0.299. The van der Waals surface area contributed by atoms with Crippen molar-refractivity contribution in [1.29, 1.82) is 5.26 Å². The first-order valence-electron chi connectivity index (χ1n) is 13.9. The summed E-state index contributed by atoms with van der Waals surface area (Å²) in [6, 6.07) is 32.5. The summed E-state index contributed by atoms with van der Waals surface area (Å²) in [5.74, 6) is -0.702. The number of carbonyl (C=O) groups excluding carboxylic acids is 3. The van der Waals surface area contributed by atoms with Crippen LogP contribution in [-0.4, -0.2) is 37.5 Å². The molecule has 4 aromatic rings. The number of benzene rings is 4. The van der Waals surface area contributed by atoms with E-state index in [0.717, 1.165) is 33.6 Å². The molecule has 0 aliphatic carbocycles. The van der Waals surface area contributed by atoms with Gasteiger partial charge in [0.15, 0.2) is 0 Å². The molecule has 4 aromatic carbocycles. The zero-order chi connectivity index (χ0) is 30.4. The van der Waals surface area contributed by atoms with Gasteiger partial charge in [-0.2, -0.15) is 5.26 Å². The molecule has 1 atom stereocenters. The maximum absolute atomic E-state index is 13.1. The van der Waals surface area contributed by atoms with Gasteiger partial charge in [0.1, 0.15) is 18.4 Å². The number of rotatable bonds is 13. The van der Waals surface area contributed by atoms with E-state index in [1.165, 1.54) is 0 Å². The van der Waals surface area contributed by atoms with Crippen LogP contribution in [0.1, 0.15) is 28.7 Å². The monoisotopic (exact) mass is 575 g/mol. The van der Waals surface area contributed by atoms with Crippen molar-refractivity contribution in [1.82, 2.24) is 10.6 Å². The lowest BCUT2D eigenvalue weighted by molar-refractivity contribution is -0.147. The Morgan fingerprint density at radius 3 is 2.05 bits per heavy atom. The van der Waals surface area contributed by atoms with Crippen LogP contribution in [-0.2, 0) is 38.6 Å². The highest BCUT2D eigenvalue weighted by Crippen LogP contribution is 2.20. The van der Waals surface area contributed by atoms with Gasteiger partial charge in [-0.3, -0.25) is 14.4 Å². The Kier molecular flexibility index (Phi) is 11.0. The van der Waals surface area contributed by atoms with Crippen molar-refractivity contribution >= 4 is 17.8 Å². The molecule has 0 heterocycles. The Morgan fingerprint density at radius 2 is 1.42 bits per heavy atom. The minimum Gasteiger partial charge on any atom is -0.497 e. The highest BCUT2D eigenvalue weighted by atomic mass is 16.5. The maximum Gasteiger partial charge on any atom is 0.308 e. The summed E-state index contributed by atoms with van der Waals surface area (Å²) in [6.45, 7) is 0.401. The van der Waals surface area contributed by atoms with E-state index >= 15 is 0 Å². The lowest BCUT2D eigenvalue weighted by Gasteiger charge is -2.18. The second-order valence-electron chi connectivity index (χ2n) is 9.92. The molecule has 2 N–H and O–H groups in total. The zero-order valence-electron chi connectivity index (χ0n) is 23.9. The van der Waals surface area contributed by atoms with Gasteiger partial charge < -0.3 is 20.1 Å². The second-order valence-corrected chi connectivity index (χ2v) is 9.92. The Bertz CT molecular complexity index is 1540. The second kappa shape index (κ2) is 15.5. The van der Waals surface area contributed by atoms with Gasteiger partial charge in [0.25, 0.3) is 0 Å². The van der Waals surface area contributed by atoms with Crippen LogP contribution in [0, 0.1) is 11.3 Å². The third kappa shape index (κ3) is 9.58. The van der Waals surface area contributed by atoms with Crippen LogP contribution in [0.15, 0.2) is 103 Å². The first kappa shape index (κ1) is 30.5. The third-order valence-corrected chi connectivity index (χ3v) is 6.80. The highest BCUT2D eigenvalue weighted by molar-refractivity contribution is 5.91. The summed E-state index contributed by atoms with van der Waals surface area (Å²) >= 11 is 0. The Balaban J connectivity index is 1.36. The van der Waals surface area contributed by atoms with E-state index in [-0.39, 0.29) is 19.4 Å². The molecule has 218 valence electrons. The quantitative estimate of drug-likeness (QED) is 0.222. The average Bonchev–Trinajstić information content (AvgIpc) is 3.04. The van der Waals surface area contributed by atoms with Gasteiger partial charge in [0.2, 0.25) is 11.8 Å². The summed E-state index contributed by atoms with van der Waals surface area (Å²) in [5, 5.41) is 14.5. The molecule has 2 amide bonds. The van der Waals surface area contributed by atoms with E-state index in [0.29, 0.717) is 18.5 Å². The molecule has 0 radical (unpaired) electrons. The molecule has 0 aromatic heterocycles. The molecule has 0 saturated heterocycles. The van der Waals surface area contributed by atoms with Crippen LogP contribution in [0.4, 0.5) is 0 Å². The van der Waals surface area contributed by atoms with E-state index in [4.69, 9.17) is 14.7 Å². The average molecular weight is 576 g/mol. The fourth-order valence-corrected chi connectivity index (χ4v) is 4.40. The Hall–Kier alpha value is -5.42. The van der Waals surface area contributed by atoms with Crippen LogP contribution in [0.25, 0.3) is 11.1 Å². The number of hydrogen-bond acceptors (Lipinski definition) is 6. The first-order valence-corrected chi connectivity index (χ1v) is 13.9. The van der Waals surface area contributed by atoms with Crippen LogP contribution in [0.5, 0.6) is 5.75 Å². The SMILES string of the molecule is COc1ccc(CCNC(=O)C(CC(=O)OCc2ccccc2)NC(=O)Cc2ccc(-c3ccc(C#N)cc3)cc2)cc1. The molecule has 0 fully saturated rings. The van der Waals surface area contributed by atoms with Crippen molar-refractivity contribution < 1.29 is 23.9 Å². The molecule has 43 heavy (non-hydrogen) atoms. The van der Waals surface area contributed by atoms with Crippen molar-refractivity contribution in [3.8, 4) is 22.9 Å². The van der Waals surface area contributed by atoms with E-state index in [1.54, 1.807) is 19.2 Å². The molecule has 4 rings (SSSR count). The topological polar surface area (TPSA) is 118 Å². The van der Waals surface area contributed by atoms with E-state index < -0.39 is 23.8 Å². The highest BCUT2D eigenvalue weighted by Gasteiger charge is 2.25. The molecular weight excluding hydrogens is 542 g/mol. The smallest absolute Gasteiger partial charge is 0.308 e. The van der Waals surface area contributed by atoms with Crippen LogP contribution >= 0.6 is 0 Å². The van der Waals surface area contributed by atoms with Crippen molar-refractivity contribution in [3.63, 3.8) is 0 Å². The number of methoxy groups -OCH3 is 1. The number of ether oxygens (including phenoxy) is 2. The van der Waals surface area contributed by atoms with Crippen molar-refractivity contribution in [2.45, 2.75) is 31.9 Å². The molecule has 0 aliphatic heterocycles. The van der Waals surface area contributed by atoms with Gasteiger partial charge in [0.05, 0.1) is 31.6 Å². The summed E-state index contributed by atoms with van der Waals surface area (Å²) in [4.78, 5) is 38.7. The predicted octanol–water partition coefficient (Wildman–Crippen LogP) is 4.75. The number of hydrogen-bond donors (Lipinski definition) is 2. The fraction of sp³-hybridized carbons (Fsp3) is 0.200. The number of nitrogens with one attached hydrogen (secondary N) is 2. The van der Waals surface area contributed by atoms with Gasteiger partial charge in [-0.1, -0.05) is 78.9 Å². The van der Waals surface area contributed by atoms with E-state index in [1.807, 2.05) is 91.0 Å². The van der Waals surface area contributed by atoms with Gasteiger partial charge in [-0.25, -0.2) is 0 Å². The molecule has 1 unspecified atom stereocenters. The van der Waals surface area contributed by atoms with Crippen LogP contribution in [0.3, 0.4) is 0 Å². The standard InChI is InChI=1S/C35H33N3O5/c1-42-31-17-11-25(12-18-31)19-20-37-35(41)32(22-34(40)43-24-28-5-3-2-4-6-28)38-33(39)21-26-7-13-29(14-8-26)30-15-9-27(23-36)10-16-30/h2-18,32H,19-22,24H2,1H3,(H,37,41)(H,38,39). The Morgan fingerprint density at radius 1 is 0.791 bits per heavy atom. The molecular formula is C35H33N3O5. The van der Waals surface area contributed by atoms with Crippen LogP contribution in [0.2, 0.25) is 0 Å². The molecule has 8 heteroatoms.